The Morgan fingerprint density at radius 2 is 1.74 bits per heavy atom. The molecule has 0 aliphatic rings. The van der Waals surface area contributed by atoms with E-state index in [0.717, 1.165) is 17.2 Å². The third-order valence-electron chi connectivity index (χ3n) is 5.10. The Bertz CT molecular complexity index is 1440. The molecule has 3 aromatic carbocycles. The summed E-state index contributed by atoms with van der Waals surface area (Å²) in [5.74, 6) is -0.109. The number of pyridine rings is 1. The van der Waals surface area contributed by atoms with Crippen LogP contribution in [0.4, 0.5) is 4.39 Å². The quantitative estimate of drug-likeness (QED) is 0.466. The van der Waals surface area contributed by atoms with Crippen molar-refractivity contribution in [2.24, 2.45) is 0 Å². The molecule has 5 nitrogen and oxygen atoms in total. The zero-order valence-electron chi connectivity index (χ0n) is 17.0. The van der Waals surface area contributed by atoms with Crippen molar-refractivity contribution in [2.75, 3.05) is 7.11 Å². The Morgan fingerprint density at radius 1 is 1.00 bits per heavy atom. The molecule has 0 spiro atoms. The van der Waals surface area contributed by atoms with Crippen LogP contribution in [0.5, 0.6) is 5.75 Å². The van der Waals surface area contributed by atoms with E-state index in [9.17, 15) is 17.6 Å². The van der Waals surface area contributed by atoms with Crippen molar-refractivity contribution in [1.29, 1.82) is 0 Å². The molecule has 1 heterocycles. The summed E-state index contributed by atoms with van der Waals surface area (Å²) in [5, 5.41) is 0.0160. The number of aryl methyl sites for hydroxylation is 1. The summed E-state index contributed by atoms with van der Waals surface area (Å²) in [5.41, 5.74) is 1.72. The van der Waals surface area contributed by atoms with Crippen LogP contribution in [0.2, 0.25) is 0 Å². The van der Waals surface area contributed by atoms with Crippen LogP contribution in [0.3, 0.4) is 0 Å². The van der Waals surface area contributed by atoms with E-state index in [2.05, 4.69) is 0 Å². The zero-order valence-corrected chi connectivity index (χ0v) is 17.8. The maximum Gasteiger partial charge on any atom is 0.211 e. The molecule has 0 bridgehead atoms. The lowest BCUT2D eigenvalue weighted by molar-refractivity contribution is 0.414. The average molecular weight is 437 g/mol. The normalized spacial score (nSPS) is 11.6. The molecular weight excluding hydrogens is 417 g/mol. The molecular formula is C24H20FNO4S. The van der Waals surface area contributed by atoms with Gasteiger partial charge in [-0.3, -0.25) is 4.79 Å². The Kier molecular flexibility index (Phi) is 5.37. The molecule has 0 atom stereocenters. The number of nitrogens with zero attached hydrogens (tertiary/aromatic N) is 1. The highest BCUT2D eigenvalue weighted by molar-refractivity contribution is 7.91. The van der Waals surface area contributed by atoms with Crippen LogP contribution in [0, 0.1) is 12.7 Å². The number of sulfone groups is 1. The van der Waals surface area contributed by atoms with Gasteiger partial charge in [0.15, 0.2) is 0 Å². The lowest BCUT2D eigenvalue weighted by atomic mass is 10.1. The van der Waals surface area contributed by atoms with Gasteiger partial charge in [-0.15, -0.1) is 0 Å². The zero-order chi connectivity index (χ0) is 22.2. The topological polar surface area (TPSA) is 65.4 Å². The second kappa shape index (κ2) is 8.00. The molecule has 7 heteroatoms. The number of halogens is 1. The Labute approximate surface area is 179 Å². The fraction of sp³-hybridized carbons (Fsp3) is 0.125. The number of rotatable bonds is 5. The van der Waals surface area contributed by atoms with Gasteiger partial charge in [-0.25, -0.2) is 12.8 Å². The van der Waals surface area contributed by atoms with Crippen LogP contribution in [-0.4, -0.2) is 20.1 Å². The molecule has 0 radical (unpaired) electrons. The van der Waals surface area contributed by atoms with Crippen LogP contribution >= 0.6 is 0 Å². The molecule has 31 heavy (non-hydrogen) atoms. The monoisotopic (exact) mass is 437 g/mol. The maximum absolute atomic E-state index is 14.0. The summed E-state index contributed by atoms with van der Waals surface area (Å²) in [6, 6.07) is 17.4. The third-order valence-corrected chi connectivity index (χ3v) is 6.87. The van der Waals surface area contributed by atoms with Gasteiger partial charge >= 0.3 is 0 Å². The molecule has 1 aromatic heterocycles. The second-order valence-corrected chi connectivity index (χ2v) is 9.20. The van der Waals surface area contributed by atoms with Gasteiger partial charge in [0.1, 0.15) is 16.5 Å². The van der Waals surface area contributed by atoms with Crippen molar-refractivity contribution in [1.82, 2.24) is 4.57 Å². The second-order valence-electron chi connectivity index (χ2n) is 7.28. The fourth-order valence-corrected chi connectivity index (χ4v) is 4.92. The molecule has 158 valence electrons. The van der Waals surface area contributed by atoms with Gasteiger partial charge in [0.2, 0.25) is 15.3 Å². The third kappa shape index (κ3) is 3.96. The predicted molar refractivity (Wildman–Crippen MR) is 117 cm³/mol. The fourth-order valence-electron chi connectivity index (χ4n) is 3.55. The highest BCUT2D eigenvalue weighted by Crippen LogP contribution is 2.24. The maximum atomic E-state index is 14.0. The van der Waals surface area contributed by atoms with Crippen LogP contribution in [0.15, 0.2) is 87.5 Å². The molecule has 0 aliphatic carbocycles. The van der Waals surface area contributed by atoms with E-state index in [1.54, 1.807) is 4.57 Å². The van der Waals surface area contributed by atoms with Gasteiger partial charge < -0.3 is 9.30 Å². The van der Waals surface area contributed by atoms with Crippen LogP contribution in [0.25, 0.3) is 10.9 Å². The molecule has 0 N–H and O–H groups in total. The average Bonchev–Trinajstić information content (AvgIpc) is 2.75. The summed E-state index contributed by atoms with van der Waals surface area (Å²) in [6.07, 6.45) is 1.34. The van der Waals surface area contributed by atoms with Crippen LogP contribution in [-0.2, 0) is 16.4 Å². The smallest absolute Gasteiger partial charge is 0.211 e. The molecule has 4 aromatic rings. The molecule has 0 saturated carbocycles. The minimum absolute atomic E-state index is 0.0160. The Balaban J connectivity index is 1.94. The lowest BCUT2D eigenvalue weighted by Gasteiger charge is -2.15. The molecule has 0 fully saturated rings. The van der Waals surface area contributed by atoms with E-state index >= 15 is 0 Å². The van der Waals surface area contributed by atoms with Crippen molar-refractivity contribution in [3.63, 3.8) is 0 Å². The largest absolute Gasteiger partial charge is 0.497 e. The van der Waals surface area contributed by atoms with Gasteiger partial charge in [0.25, 0.3) is 0 Å². The lowest BCUT2D eigenvalue weighted by Crippen LogP contribution is -2.20. The summed E-state index contributed by atoms with van der Waals surface area (Å²) in [4.78, 5) is 12.7. The Morgan fingerprint density at radius 3 is 2.42 bits per heavy atom. The number of ether oxygens (including phenoxy) is 1. The van der Waals surface area contributed by atoms with Gasteiger partial charge in [-0.2, -0.15) is 0 Å². The van der Waals surface area contributed by atoms with Crippen molar-refractivity contribution in [3.05, 3.63) is 100 Å². The number of fused-ring (bicyclic) bond motifs is 1. The van der Waals surface area contributed by atoms with Crippen LogP contribution < -0.4 is 10.2 Å². The van der Waals surface area contributed by atoms with Gasteiger partial charge in [0, 0.05) is 18.1 Å². The van der Waals surface area contributed by atoms with E-state index in [1.807, 2.05) is 31.2 Å². The molecule has 0 amide bonds. The van der Waals surface area contributed by atoms with E-state index in [1.165, 1.54) is 49.7 Å². The van der Waals surface area contributed by atoms with Gasteiger partial charge in [-0.05, 0) is 55.0 Å². The number of hydrogen-bond donors (Lipinski definition) is 0. The number of methoxy groups -OCH3 is 1. The number of aromatic nitrogens is 1. The summed E-state index contributed by atoms with van der Waals surface area (Å²) in [7, 11) is -2.66. The minimum atomic E-state index is -4.13. The minimum Gasteiger partial charge on any atom is -0.497 e. The van der Waals surface area contributed by atoms with E-state index < -0.39 is 26.0 Å². The summed E-state index contributed by atoms with van der Waals surface area (Å²) < 4.78 is 47.3. The van der Waals surface area contributed by atoms with Gasteiger partial charge in [-0.1, -0.05) is 29.8 Å². The van der Waals surface area contributed by atoms with E-state index in [-0.39, 0.29) is 10.3 Å². The summed E-state index contributed by atoms with van der Waals surface area (Å²) in [6.45, 7) is 2.29. The van der Waals surface area contributed by atoms with Crippen molar-refractivity contribution in [3.8, 4) is 5.75 Å². The Hall–Kier alpha value is -3.45. The van der Waals surface area contributed by atoms with Crippen molar-refractivity contribution < 1.29 is 17.5 Å². The van der Waals surface area contributed by atoms with Crippen molar-refractivity contribution in [2.45, 2.75) is 23.3 Å². The first-order valence-corrected chi connectivity index (χ1v) is 11.1. The van der Waals surface area contributed by atoms with Crippen molar-refractivity contribution >= 4 is 20.7 Å². The van der Waals surface area contributed by atoms with Crippen LogP contribution in [0.1, 0.15) is 11.1 Å². The highest BCUT2D eigenvalue weighted by atomic mass is 32.2. The van der Waals surface area contributed by atoms with E-state index in [4.69, 9.17) is 4.74 Å². The molecule has 0 unspecified atom stereocenters. The molecule has 0 saturated heterocycles. The first-order chi connectivity index (χ1) is 14.8. The SMILES string of the molecule is COc1ccc(S(=O)(=O)c2cn(Cc3cccc(C)c3)c3ccc(F)cc3c2=O)cc1. The van der Waals surface area contributed by atoms with Gasteiger partial charge in [0.05, 0.1) is 17.5 Å². The first kappa shape index (κ1) is 20.8. The predicted octanol–water partition coefficient (Wildman–Crippen LogP) is 4.34. The summed E-state index contributed by atoms with van der Waals surface area (Å²) >= 11 is 0. The standard InChI is InChI=1S/C24H20FNO4S/c1-16-4-3-5-17(12-16)14-26-15-23(24(27)21-13-18(25)6-11-22(21)26)31(28,29)20-9-7-19(30-2)8-10-20/h3-13,15H,14H2,1-2H3. The number of benzene rings is 3. The van der Waals surface area contributed by atoms with E-state index in [0.29, 0.717) is 17.8 Å². The highest BCUT2D eigenvalue weighted by Gasteiger charge is 2.24. The number of hydrogen-bond acceptors (Lipinski definition) is 4. The molecule has 4 rings (SSSR count). The first-order valence-electron chi connectivity index (χ1n) is 9.57. The molecule has 0 aliphatic heterocycles.